The highest BCUT2D eigenvalue weighted by Gasteiger charge is 2.35. The van der Waals surface area contributed by atoms with E-state index in [1.54, 1.807) is 4.90 Å². The fourth-order valence-corrected chi connectivity index (χ4v) is 4.23. The third-order valence-electron chi connectivity index (χ3n) is 6.11. The molecule has 1 N–H and O–H groups in total. The number of carbonyl (C=O) groups is 2. The standard InChI is InChI=1S/C24H29N3O2/c1-18-13-15-26(16-14-18)21-9-7-20(8-10-21)25-24(29)22-11-12-23(28)27(22)17-19-5-3-2-4-6-19/h2-10,18,22H,11-17H2,1H3,(H,25,29). The van der Waals surface area contributed by atoms with Crippen LogP contribution >= 0.6 is 0 Å². The Morgan fingerprint density at radius 1 is 1.00 bits per heavy atom. The molecule has 4 rings (SSSR count). The van der Waals surface area contributed by atoms with Gasteiger partial charge in [0.25, 0.3) is 0 Å². The normalized spacial score (nSPS) is 20.2. The van der Waals surface area contributed by atoms with Crippen molar-refractivity contribution in [2.75, 3.05) is 23.3 Å². The number of amides is 2. The highest BCUT2D eigenvalue weighted by atomic mass is 16.2. The lowest BCUT2D eigenvalue weighted by Crippen LogP contribution is -2.41. The lowest BCUT2D eigenvalue weighted by molar-refractivity contribution is -0.133. The van der Waals surface area contributed by atoms with Crippen molar-refractivity contribution >= 4 is 23.2 Å². The van der Waals surface area contributed by atoms with E-state index in [9.17, 15) is 9.59 Å². The van der Waals surface area contributed by atoms with Crippen LogP contribution in [0.5, 0.6) is 0 Å². The zero-order valence-corrected chi connectivity index (χ0v) is 17.0. The number of likely N-dealkylation sites (tertiary alicyclic amines) is 1. The van der Waals surface area contributed by atoms with Crippen molar-refractivity contribution in [2.45, 2.75) is 45.2 Å². The minimum Gasteiger partial charge on any atom is -0.372 e. The summed E-state index contributed by atoms with van der Waals surface area (Å²) in [4.78, 5) is 29.3. The SMILES string of the molecule is CC1CCN(c2ccc(NC(=O)C3CCC(=O)N3Cc3ccccc3)cc2)CC1. The molecule has 5 heteroatoms. The Hall–Kier alpha value is -2.82. The molecule has 2 aromatic rings. The number of carbonyl (C=O) groups excluding carboxylic acids is 2. The van der Waals surface area contributed by atoms with Gasteiger partial charge in [-0.3, -0.25) is 9.59 Å². The average molecular weight is 392 g/mol. The van der Waals surface area contributed by atoms with E-state index < -0.39 is 6.04 Å². The van der Waals surface area contributed by atoms with Crippen LogP contribution < -0.4 is 10.2 Å². The summed E-state index contributed by atoms with van der Waals surface area (Å²) in [5.74, 6) is 0.743. The Kier molecular flexibility index (Phi) is 5.84. The fraction of sp³-hybridized carbons (Fsp3) is 0.417. The van der Waals surface area contributed by atoms with Crippen molar-refractivity contribution in [3.63, 3.8) is 0 Å². The van der Waals surface area contributed by atoms with E-state index in [1.165, 1.54) is 18.5 Å². The van der Waals surface area contributed by atoms with Gasteiger partial charge in [-0.05, 0) is 55.0 Å². The van der Waals surface area contributed by atoms with Gasteiger partial charge in [-0.25, -0.2) is 0 Å². The Morgan fingerprint density at radius 3 is 2.38 bits per heavy atom. The summed E-state index contributed by atoms with van der Waals surface area (Å²) in [5.41, 5.74) is 3.03. The van der Waals surface area contributed by atoms with Gasteiger partial charge in [0.1, 0.15) is 6.04 Å². The minimum absolute atomic E-state index is 0.0451. The van der Waals surface area contributed by atoms with Crippen LogP contribution in [0.2, 0.25) is 0 Å². The topological polar surface area (TPSA) is 52.7 Å². The maximum Gasteiger partial charge on any atom is 0.247 e. The van der Waals surface area contributed by atoms with Gasteiger partial charge < -0.3 is 15.1 Å². The summed E-state index contributed by atoms with van der Waals surface area (Å²) in [5, 5.41) is 3.01. The number of hydrogen-bond acceptors (Lipinski definition) is 3. The van der Waals surface area contributed by atoms with Crippen LogP contribution in [0.15, 0.2) is 54.6 Å². The van der Waals surface area contributed by atoms with Crippen LogP contribution in [-0.4, -0.2) is 35.8 Å². The molecule has 2 aromatic carbocycles. The summed E-state index contributed by atoms with van der Waals surface area (Å²) in [6, 6.07) is 17.5. The molecule has 2 aliphatic rings. The zero-order chi connectivity index (χ0) is 20.2. The highest BCUT2D eigenvalue weighted by molar-refractivity contribution is 5.99. The summed E-state index contributed by atoms with van der Waals surface area (Å²) in [7, 11) is 0. The summed E-state index contributed by atoms with van der Waals surface area (Å²) < 4.78 is 0. The van der Waals surface area contributed by atoms with Gasteiger partial charge in [-0.15, -0.1) is 0 Å². The number of nitrogens with one attached hydrogen (secondary N) is 1. The van der Waals surface area contributed by atoms with Gasteiger partial charge in [0.15, 0.2) is 0 Å². The molecule has 0 aliphatic carbocycles. The lowest BCUT2D eigenvalue weighted by Gasteiger charge is -2.32. The van der Waals surface area contributed by atoms with E-state index in [0.29, 0.717) is 19.4 Å². The molecule has 29 heavy (non-hydrogen) atoms. The van der Waals surface area contributed by atoms with E-state index in [0.717, 1.165) is 30.3 Å². The predicted octanol–water partition coefficient (Wildman–Crippen LogP) is 4.05. The Bertz CT molecular complexity index is 842. The summed E-state index contributed by atoms with van der Waals surface area (Å²) in [6.45, 7) is 4.96. The number of hydrogen-bond donors (Lipinski definition) is 1. The maximum atomic E-state index is 12.9. The molecule has 152 valence electrons. The van der Waals surface area contributed by atoms with Crippen molar-refractivity contribution in [3.05, 3.63) is 60.2 Å². The quantitative estimate of drug-likeness (QED) is 0.836. The van der Waals surface area contributed by atoms with Crippen molar-refractivity contribution in [1.29, 1.82) is 0 Å². The number of rotatable bonds is 5. The summed E-state index contributed by atoms with van der Waals surface area (Å²) in [6.07, 6.45) is 3.45. The second-order valence-corrected chi connectivity index (χ2v) is 8.27. The van der Waals surface area contributed by atoms with Crippen LogP contribution in [-0.2, 0) is 16.1 Å². The van der Waals surface area contributed by atoms with Crippen LogP contribution in [0.25, 0.3) is 0 Å². The maximum absolute atomic E-state index is 12.9. The van der Waals surface area contributed by atoms with E-state index in [1.807, 2.05) is 42.5 Å². The average Bonchev–Trinajstić information content (AvgIpc) is 3.10. The van der Waals surface area contributed by atoms with Crippen molar-refractivity contribution in [1.82, 2.24) is 4.90 Å². The molecule has 2 heterocycles. The number of piperidine rings is 1. The molecule has 1 unspecified atom stereocenters. The Labute approximate surface area is 172 Å². The molecule has 2 saturated heterocycles. The van der Waals surface area contributed by atoms with Gasteiger partial charge in [0.05, 0.1) is 0 Å². The monoisotopic (exact) mass is 391 g/mol. The number of nitrogens with zero attached hydrogens (tertiary/aromatic N) is 2. The molecular weight excluding hydrogens is 362 g/mol. The molecule has 5 nitrogen and oxygen atoms in total. The van der Waals surface area contributed by atoms with Crippen LogP contribution in [0.3, 0.4) is 0 Å². The largest absolute Gasteiger partial charge is 0.372 e. The van der Waals surface area contributed by atoms with Gasteiger partial charge in [-0.2, -0.15) is 0 Å². The molecule has 2 fully saturated rings. The minimum atomic E-state index is -0.411. The highest BCUT2D eigenvalue weighted by Crippen LogP contribution is 2.26. The third-order valence-corrected chi connectivity index (χ3v) is 6.11. The van der Waals surface area contributed by atoms with E-state index >= 15 is 0 Å². The van der Waals surface area contributed by atoms with Gasteiger partial charge in [0, 0.05) is 37.4 Å². The molecule has 1 atom stereocenters. The van der Waals surface area contributed by atoms with Crippen LogP contribution in [0.1, 0.15) is 38.2 Å². The fourth-order valence-electron chi connectivity index (χ4n) is 4.23. The first-order chi connectivity index (χ1) is 14.1. The van der Waals surface area contributed by atoms with Crippen molar-refractivity contribution in [2.24, 2.45) is 5.92 Å². The molecule has 0 aromatic heterocycles. The predicted molar refractivity (Wildman–Crippen MR) is 116 cm³/mol. The molecule has 0 spiro atoms. The first-order valence-electron chi connectivity index (χ1n) is 10.6. The lowest BCUT2D eigenvalue weighted by atomic mass is 9.99. The molecule has 0 radical (unpaired) electrons. The molecular formula is C24H29N3O2. The first-order valence-corrected chi connectivity index (χ1v) is 10.6. The second kappa shape index (κ2) is 8.68. The molecule has 0 bridgehead atoms. The first kappa shape index (κ1) is 19.5. The number of anilines is 2. The molecule has 2 amide bonds. The van der Waals surface area contributed by atoms with Gasteiger partial charge in [0.2, 0.25) is 11.8 Å². The van der Waals surface area contributed by atoms with Crippen LogP contribution in [0.4, 0.5) is 11.4 Å². The van der Waals surface area contributed by atoms with Gasteiger partial charge in [-0.1, -0.05) is 37.3 Å². The molecule has 2 aliphatic heterocycles. The zero-order valence-electron chi connectivity index (χ0n) is 17.0. The third kappa shape index (κ3) is 4.61. The second-order valence-electron chi connectivity index (χ2n) is 8.27. The van der Waals surface area contributed by atoms with E-state index in [2.05, 4.69) is 29.3 Å². The Morgan fingerprint density at radius 2 is 1.69 bits per heavy atom. The molecule has 0 saturated carbocycles. The summed E-state index contributed by atoms with van der Waals surface area (Å²) >= 11 is 0. The van der Waals surface area contributed by atoms with Crippen molar-refractivity contribution < 1.29 is 9.59 Å². The van der Waals surface area contributed by atoms with E-state index in [4.69, 9.17) is 0 Å². The van der Waals surface area contributed by atoms with Crippen molar-refractivity contribution in [3.8, 4) is 0 Å². The number of benzene rings is 2. The van der Waals surface area contributed by atoms with Crippen LogP contribution in [0, 0.1) is 5.92 Å². The Balaban J connectivity index is 1.38. The van der Waals surface area contributed by atoms with E-state index in [-0.39, 0.29) is 11.8 Å². The van der Waals surface area contributed by atoms with Gasteiger partial charge >= 0.3 is 0 Å². The smallest absolute Gasteiger partial charge is 0.247 e.